The Morgan fingerprint density at radius 3 is 2.88 bits per heavy atom. The van der Waals surface area contributed by atoms with Crippen LogP contribution in [0.5, 0.6) is 5.75 Å². The molecule has 1 aliphatic rings. The fraction of sp³-hybridized carbons (Fsp3) is 0.389. The van der Waals surface area contributed by atoms with Gasteiger partial charge in [-0.25, -0.2) is 15.0 Å². The molecule has 0 unspecified atom stereocenters. The molecule has 0 saturated carbocycles. The van der Waals surface area contributed by atoms with Crippen molar-refractivity contribution in [3.63, 3.8) is 0 Å². The van der Waals surface area contributed by atoms with E-state index < -0.39 is 0 Å². The molecule has 0 aliphatic carbocycles. The van der Waals surface area contributed by atoms with Crippen molar-refractivity contribution in [2.75, 3.05) is 18.8 Å². The zero-order valence-corrected chi connectivity index (χ0v) is 15.5. The largest absolute Gasteiger partial charge is 0.504 e. The molecule has 0 fully saturated rings. The zero-order valence-electron chi connectivity index (χ0n) is 15.5. The Morgan fingerprint density at radius 2 is 2.19 bits per heavy atom. The van der Waals surface area contributed by atoms with Gasteiger partial charge in [-0.15, -0.1) is 0 Å². The number of pyridine rings is 1. The maximum Gasteiger partial charge on any atom is 0.196 e. The lowest BCUT2D eigenvalue weighted by atomic mass is 10.1. The van der Waals surface area contributed by atoms with Crippen LogP contribution in [0.1, 0.15) is 25.4 Å². The molecule has 3 heterocycles. The first kappa shape index (κ1) is 17.8. The first-order valence-corrected chi connectivity index (χ1v) is 8.61. The summed E-state index contributed by atoms with van der Waals surface area (Å²) in [5.74, 6) is 2.17. The highest BCUT2D eigenvalue weighted by Gasteiger charge is 2.21. The van der Waals surface area contributed by atoms with Gasteiger partial charge < -0.3 is 26.0 Å². The zero-order chi connectivity index (χ0) is 18.8. The number of nitrogens with one attached hydrogen (secondary N) is 2. The number of rotatable bonds is 4. The Morgan fingerprint density at radius 1 is 1.42 bits per heavy atom. The normalized spacial score (nSPS) is 14.0. The summed E-state index contributed by atoms with van der Waals surface area (Å²) in [6.07, 6.45) is 3.64. The van der Waals surface area contributed by atoms with E-state index in [0.29, 0.717) is 18.0 Å². The van der Waals surface area contributed by atoms with E-state index in [-0.39, 0.29) is 11.6 Å². The van der Waals surface area contributed by atoms with Gasteiger partial charge in [0, 0.05) is 25.4 Å². The molecule has 3 rings (SSSR count). The molecule has 0 amide bonds. The molecular weight excluding hydrogens is 330 g/mol. The van der Waals surface area contributed by atoms with Gasteiger partial charge in [-0.1, -0.05) is 13.8 Å². The van der Waals surface area contributed by atoms with Crippen molar-refractivity contribution < 1.29 is 5.11 Å². The van der Waals surface area contributed by atoms with Crippen molar-refractivity contribution in [3.05, 3.63) is 29.9 Å². The maximum atomic E-state index is 9.92. The predicted octanol–water partition coefficient (Wildman–Crippen LogP) is 1.62. The number of nitrogens with zero attached hydrogens (tertiary/aromatic N) is 4. The number of hydrogen-bond acceptors (Lipinski definition) is 7. The molecule has 0 saturated heterocycles. The molecular formula is C18H25N7O. The van der Waals surface area contributed by atoms with Crippen molar-refractivity contribution in [1.29, 1.82) is 0 Å². The molecule has 2 aromatic rings. The first-order valence-electron chi connectivity index (χ1n) is 8.61. The fourth-order valence-electron chi connectivity index (χ4n) is 2.72. The molecule has 8 nitrogen and oxygen atoms in total. The maximum absolute atomic E-state index is 9.92. The summed E-state index contributed by atoms with van der Waals surface area (Å²) < 4.78 is 2.01. The summed E-state index contributed by atoms with van der Waals surface area (Å²) in [7, 11) is 1.96. The summed E-state index contributed by atoms with van der Waals surface area (Å²) in [5.41, 5.74) is 8.89. The minimum absolute atomic E-state index is 0.0526. The quantitative estimate of drug-likeness (QED) is 0.663. The molecule has 138 valence electrons. The molecule has 1 aliphatic heterocycles. The van der Waals surface area contributed by atoms with Gasteiger partial charge in [0.25, 0.3) is 0 Å². The Balaban J connectivity index is 1.95. The van der Waals surface area contributed by atoms with Gasteiger partial charge in [0.05, 0.1) is 23.6 Å². The van der Waals surface area contributed by atoms with E-state index in [1.807, 2.05) is 24.6 Å². The third kappa shape index (κ3) is 3.49. The van der Waals surface area contributed by atoms with Crippen LogP contribution >= 0.6 is 0 Å². The predicted molar refractivity (Wildman–Crippen MR) is 104 cm³/mol. The van der Waals surface area contributed by atoms with E-state index in [2.05, 4.69) is 39.4 Å². The molecule has 2 aromatic heterocycles. The van der Waals surface area contributed by atoms with E-state index in [9.17, 15) is 5.11 Å². The summed E-state index contributed by atoms with van der Waals surface area (Å²) in [6.45, 7) is 7.66. The highest BCUT2D eigenvalue weighted by atomic mass is 16.3. The lowest BCUT2D eigenvalue weighted by Gasteiger charge is -2.20. The number of guanidine groups is 1. The highest BCUT2D eigenvalue weighted by Crippen LogP contribution is 2.31. The van der Waals surface area contributed by atoms with Crippen LogP contribution in [-0.2, 0) is 7.05 Å². The molecule has 8 heteroatoms. The molecule has 0 radical (unpaired) electrons. The van der Waals surface area contributed by atoms with Crippen LogP contribution in [0.4, 0.5) is 5.82 Å². The third-order valence-electron chi connectivity index (χ3n) is 4.22. The molecule has 0 bridgehead atoms. The average molecular weight is 355 g/mol. The minimum atomic E-state index is -0.0526. The number of aryl methyl sites for hydroxylation is 1. The molecule has 0 aromatic carbocycles. The minimum Gasteiger partial charge on any atom is -0.504 e. The Bertz CT molecular complexity index is 880. The van der Waals surface area contributed by atoms with Crippen LogP contribution in [-0.4, -0.2) is 38.7 Å². The Hall–Kier alpha value is -3.03. The average Bonchev–Trinajstić information content (AvgIpc) is 2.91. The lowest BCUT2D eigenvalue weighted by Crippen LogP contribution is -2.40. The number of aromatic nitrogens is 3. The van der Waals surface area contributed by atoms with E-state index >= 15 is 0 Å². The van der Waals surface area contributed by atoms with Crippen molar-refractivity contribution in [1.82, 2.24) is 25.2 Å². The van der Waals surface area contributed by atoms with Crippen LogP contribution in [0.3, 0.4) is 0 Å². The smallest absolute Gasteiger partial charge is 0.196 e. The summed E-state index contributed by atoms with van der Waals surface area (Å²) in [5, 5.41) is 16.6. The molecule has 5 N–H and O–H groups in total. The van der Waals surface area contributed by atoms with E-state index in [0.717, 1.165) is 35.4 Å². The van der Waals surface area contributed by atoms with E-state index in [1.165, 1.54) is 0 Å². The third-order valence-corrected chi connectivity index (χ3v) is 4.22. The van der Waals surface area contributed by atoms with Gasteiger partial charge in [0.15, 0.2) is 17.5 Å². The number of aliphatic imine (C=N–C) groups is 1. The highest BCUT2D eigenvalue weighted by molar-refractivity contribution is 5.92. The van der Waals surface area contributed by atoms with Crippen LogP contribution in [0.25, 0.3) is 17.0 Å². The van der Waals surface area contributed by atoms with Crippen LogP contribution < -0.4 is 16.4 Å². The number of nitrogens with two attached hydrogens (primary N) is 1. The molecule has 0 spiro atoms. The van der Waals surface area contributed by atoms with Gasteiger partial charge in [-0.05, 0) is 25.0 Å². The van der Waals surface area contributed by atoms with Gasteiger partial charge >= 0.3 is 0 Å². The van der Waals surface area contributed by atoms with Gasteiger partial charge in [0.2, 0.25) is 0 Å². The second-order valence-electron chi connectivity index (χ2n) is 6.75. The first-order chi connectivity index (χ1) is 12.4. The lowest BCUT2D eigenvalue weighted by molar-refractivity contribution is 0.476. The van der Waals surface area contributed by atoms with Crippen molar-refractivity contribution in [2.24, 2.45) is 18.0 Å². The van der Waals surface area contributed by atoms with Crippen LogP contribution in [0.15, 0.2) is 23.3 Å². The second kappa shape index (κ2) is 7.07. The molecule has 26 heavy (non-hydrogen) atoms. The molecule has 0 atom stereocenters. The van der Waals surface area contributed by atoms with Crippen molar-refractivity contribution >= 4 is 17.5 Å². The number of imidazole rings is 1. The summed E-state index contributed by atoms with van der Waals surface area (Å²) >= 11 is 0. The number of nitrogen functional groups attached to an aromatic ring is 1. The van der Waals surface area contributed by atoms with E-state index in [4.69, 9.17) is 5.73 Å². The van der Waals surface area contributed by atoms with Gasteiger partial charge in [-0.3, -0.25) is 0 Å². The Kier molecular flexibility index (Phi) is 4.83. The van der Waals surface area contributed by atoms with Gasteiger partial charge in [0.1, 0.15) is 5.82 Å². The van der Waals surface area contributed by atoms with Gasteiger partial charge in [-0.2, -0.15) is 0 Å². The topological polar surface area (TPSA) is 113 Å². The monoisotopic (exact) mass is 355 g/mol. The number of anilines is 1. The number of aromatic hydroxyl groups is 1. The fourth-order valence-corrected chi connectivity index (χ4v) is 2.72. The van der Waals surface area contributed by atoms with Crippen molar-refractivity contribution in [2.45, 2.75) is 20.8 Å². The van der Waals surface area contributed by atoms with Crippen LogP contribution in [0, 0.1) is 12.8 Å². The summed E-state index contributed by atoms with van der Waals surface area (Å²) in [6, 6.07) is 1.59. The second-order valence-corrected chi connectivity index (χ2v) is 6.75. The standard InChI is InChI=1S/C18H25N7O/c1-10(2)8-22-18-20-6-5-13(24-18)16-15(23-11(3)25(16)4)12-7-14(26)17(19)21-9-12/h5,7,9-10,26H,6,8H2,1-4H3,(H2,19,21)(H2,20,22,24). The van der Waals surface area contributed by atoms with E-state index in [1.54, 1.807) is 12.3 Å². The Labute approximate surface area is 152 Å². The number of hydrogen-bond donors (Lipinski definition) is 4. The summed E-state index contributed by atoms with van der Waals surface area (Å²) in [4.78, 5) is 13.2. The van der Waals surface area contributed by atoms with Crippen molar-refractivity contribution in [3.8, 4) is 17.0 Å². The SMILES string of the molecule is Cc1nc(-c2cnc(N)c(O)c2)c(C2=CCN=C(NCC(C)C)N2)n1C. The van der Waals surface area contributed by atoms with Crippen LogP contribution in [0.2, 0.25) is 0 Å².